The molecule has 0 saturated heterocycles. The number of nitrogens with one attached hydrogen (secondary N) is 1. The number of hydrogen-bond donors (Lipinski definition) is 1. The van der Waals surface area contributed by atoms with E-state index >= 15 is 0 Å². The van der Waals surface area contributed by atoms with Crippen LogP contribution in [-0.4, -0.2) is 13.0 Å². The Labute approximate surface area is 102 Å². The SMILES string of the molecule is CCC/C=C/C(=O)NCc1ccc(OC)cc1. The van der Waals surface area contributed by atoms with Crippen molar-refractivity contribution in [2.24, 2.45) is 0 Å². The average Bonchev–Trinajstić information content (AvgIpc) is 2.37. The number of rotatable bonds is 6. The smallest absolute Gasteiger partial charge is 0.243 e. The van der Waals surface area contributed by atoms with Gasteiger partial charge < -0.3 is 10.1 Å². The molecule has 1 N–H and O–H groups in total. The van der Waals surface area contributed by atoms with Crippen molar-refractivity contribution in [2.75, 3.05) is 7.11 Å². The topological polar surface area (TPSA) is 38.3 Å². The van der Waals surface area contributed by atoms with Gasteiger partial charge in [0.1, 0.15) is 5.75 Å². The molecule has 0 aliphatic heterocycles. The number of hydrogen-bond acceptors (Lipinski definition) is 2. The normalized spacial score (nSPS) is 10.5. The Morgan fingerprint density at radius 3 is 2.65 bits per heavy atom. The van der Waals surface area contributed by atoms with Crippen LogP contribution in [0.5, 0.6) is 5.75 Å². The molecule has 0 saturated carbocycles. The first-order chi connectivity index (χ1) is 8.26. The molecule has 0 bridgehead atoms. The van der Waals surface area contributed by atoms with Crippen LogP contribution in [0.1, 0.15) is 25.3 Å². The van der Waals surface area contributed by atoms with Crippen molar-refractivity contribution >= 4 is 5.91 Å². The lowest BCUT2D eigenvalue weighted by atomic mass is 10.2. The molecule has 0 aliphatic carbocycles. The van der Waals surface area contributed by atoms with E-state index in [1.807, 2.05) is 30.3 Å². The van der Waals surface area contributed by atoms with Crippen LogP contribution < -0.4 is 10.1 Å². The second-order valence-electron chi connectivity index (χ2n) is 3.76. The molecule has 3 heteroatoms. The first-order valence-electron chi connectivity index (χ1n) is 5.83. The van der Waals surface area contributed by atoms with Crippen LogP contribution in [0.25, 0.3) is 0 Å². The summed E-state index contributed by atoms with van der Waals surface area (Å²) < 4.78 is 5.06. The second-order valence-corrected chi connectivity index (χ2v) is 3.76. The van der Waals surface area contributed by atoms with E-state index in [0.717, 1.165) is 24.2 Å². The minimum atomic E-state index is -0.0470. The summed E-state index contributed by atoms with van der Waals surface area (Å²) in [7, 11) is 1.63. The van der Waals surface area contributed by atoms with Gasteiger partial charge in [0.2, 0.25) is 5.91 Å². The lowest BCUT2D eigenvalue weighted by Crippen LogP contribution is -2.20. The summed E-state index contributed by atoms with van der Waals surface area (Å²) in [6, 6.07) is 7.65. The molecule has 0 aliphatic rings. The van der Waals surface area contributed by atoms with Gasteiger partial charge in [-0.05, 0) is 30.2 Å². The Kier molecular flexibility index (Phi) is 5.86. The first-order valence-corrected chi connectivity index (χ1v) is 5.83. The largest absolute Gasteiger partial charge is 0.497 e. The van der Waals surface area contributed by atoms with E-state index in [2.05, 4.69) is 12.2 Å². The highest BCUT2D eigenvalue weighted by molar-refractivity contribution is 5.87. The van der Waals surface area contributed by atoms with E-state index in [0.29, 0.717) is 6.54 Å². The molecule has 0 atom stereocenters. The number of allylic oxidation sites excluding steroid dienone is 1. The van der Waals surface area contributed by atoms with E-state index < -0.39 is 0 Å². The highest BCUT2D eigenvalue weighted by Crippen LogP contribution is 2.10. The molecule has 1 aromatic rings. The van der Waals surface area contributed by atoms with Crippen LogP contribution in [0.4, 0.5) is 0 Å². The predicted octanol–water partition coefficient (Wildman–Crippen LogP) is 2.67. The lowest BCUT2D eigenvalue weighted by molar-refractivity contribution is -0.116. The molecule has 3 nitrogen and oxygen atoms in total. The predicted molar refractivity (Wildman–Crippen MR) is 68.9 cm³/mol. The monoisotopic (exact) mass is 233 g/mol. The summed E-state index contributed by atoms with van der Waals surface area (Å²) >= 11 is 0. The molecule has 0 aromatic heterocycles. The molecule has 0 radical (unpaired) electrons. The van der Waals surface area contributed by atoms with Crippen molar-refractivity contribution in [1.29, 1.82) is 0 Å². The van der Waals surface area contributed by atoms with E-state index in [9.17, 15) is 4.79 Å². The quantitative estimate of drug-likeness (QED) is 0.767. The van der Waals surface area contributed by atoms with Crippen molar-refractivity contribution in [3.8, 4) is 5.75 Å². The number of ether oxygens (including phenoxy) is 1. The Morgan fingerprint density at radius 2 is 2.06 bits per heavy atom. The summed E-state index contributed by atoms with van der Waals surface area (Å²) in [6.45, 7) is 2.62. The summed E-state index contributed by atoms with van der Waals surface area (Å²) in [6.07, 6.45) is 5.48. The molecule has 1 rings (SSSR count). The summed E-state index contributed by atoms with van der Waals surface area (Å²) in [5, 5.41) is 2.83. The highest BCUT2D eigenvalue weighted by Gasteiger charge is 1.97. The van der Waals surface area contributed by atoms with E-state index in [1.165, 1.54) is 0 Å². The lowest BCUT2D eigenvalue weighted by Gasteiger charge is -2.04. The molecule has 92 valence electrons. The van der Waals surface area contributed by atoms with Crippen LogP contribution in [0.15, 0.2) is 36.4 Å². The standard InChI is InChI=1S/C14H19NO2/c1-3-4-5-6-14(16)15-11-12-7-9-13(17-2)10-8-12/h5-10H,3-4,11H2,1-2H3,(H,15,16)/b6-5+. The number of unbranched alkanes of at least 4 members (excludes halogenated alkanes) is 1. The van der Waals surface area contributed by atoms with Gasteiger partial charge in [0.25, 0.3) is 0 Å². The number of methoxy groups -OCH3 is 1. The summed E-state index contributed by atoms with van der Waals surface area (Å²) in [5.74, 6) is 0.775. The molecule has 0 unspecified atom stereocenters. The maximum Gasteiger partial charge on any atom is 0.243 e. The molecular formula is C14H19NO2. The molecule has 17 heavy (non-hydrogen) atoms. The fourth-order valence-corrected chi connectivity index (χ4v) is 1.35. The third kappa shape index (κ3) is 5.20. The van der Waals surface area contributed by atoms with Crippen molar-refractivity contribution in [1.82, 2.24) is 5.32 Å². The van der Waals surface area contributed by atoms with Crippen molar-refractivity contribution in [3.05, 3.63) is 42.0 Å². The molecule has 0 heterocycles. The maximum atomic E-state index is 11.4. The third-order valence-electron chi connectivity index (χ3n) is 2.35. The van der Waals surface area contributed by atoms with Gasteiger partial charge in [0, 0.05) is 6.54 Å². The first kappa shape index (κ1) is 13.3. The number of benzene rings is 1. The summed E-state index contributed by atoms with van der Waals surface area (Å²) in [4.78, 5) is 11.4. The zero-order valence-corrected chi connectivity index (χ0v) is 10.4. The average molecular weight is 233 g/mol. The fraction of sp³-hybridized carbons (Fsp3) is 0.357. The van der Waals surface area contributed by atoms with Crippen LogP contribution in [-0.2, 0) is 11.3 Å². The molecule has 1 amide bonds. The second kappa shape index (κ2) is 7.49. The molecule has 0 spiro atoms. The van der Waals surface area contributed by atoms with E-state index in [4.69, 9.17) is 4.74 Å². The van der Waals surface area contributed by atoms with Crippen molar-refractivity contribution in [3.63, 3.8) is 0 Å². The zero-order chi connectivity index (χ0) is 12.5. The van der Waals surface area contributed by atoms with E-state index in [1.54, 1.807) is 13.2 Å². The van der Waals surface area contributed by atoms with Crippen LogP contribution >= 0.6 is 0 Å². The molecular weight excluding hydrogens is 214 g/mol. The highest BCUT2D eigenvalue weighted by atomic mass is 16.5. The Morgan fingerprint density at radius 1 is 1.35 bits per heavy atom. The minimum Gasteiger partial charge on any atom is -0.497 e. The third-order valence-corrected chi connectivity index (χ3v) is 2.35. The molecule has 1 aromatic carbocycles. The van der Waals surface area contributed by atoms with Gasteiger partial charge in [-0.15, -0.1) is 0 Å². The number of carbonyl (C=O) groups is 1. The maximum absolute atomic E-state index is 11.4. The number of amides is 1. The van der Waals surface area contributed by atoms with Gasteiger partial charge in [-0.25, -0.2) is 0 Å². The van der Waals surface area contributed by atoms with Crippen LogP contribution in [0.2, 0.25) is 0 Å². The summed E-state index contributed by atoms with van der Waals surface area (Å²) in [5.41, 5.74) is 1.06. The van der Waals surface area contributed by atoms with E-state index in [-0.39, 0.29) is 5.91 Å². The fourth-order valence-electron chi connectivity index (χ4n) is 1.35. The Bertz CT molecular complexity index is 368. The van der Waals surface area contributed by atoms with Crippen LogP contribution in [0, 0.1) is 0 Å². The van der Waals surface area contributed by atoms with Crippen molar-refractivity contribution in [2.45, 2.75) is 26.3 Å². The molecule has 0 fully saturated rings. The Balaban J connectivity index is 2.36. The van der Waals surface area contributed by atoms with Gasteiger partial charge in [-0.2, -0.15) is 0 Å². The minimum absolute atomic E-state index is 0.0470. The number of carbonyl (C=O) groups excluding carboxylic acids is 1. The Hall–Kier alpha value is -1.77. The van der Waals surface area contributed by atoms with Crippen molar-refractivity contribution < 1.29 is 9.53 Å². The van der Waals surface area contributed by atoms with Gasteiger partial charge in [-0.1, -0.05) is 31.6 Å². The van der Waals surface area contributed by atoms with Gasteiger partial charge >= 0.3 is 0 Å². The zero-order valence-electron chi connectivity index (χ0n) is 10.4. The van der Waals surface area contributed by atoms with Crippen LogP contribution in [0.3, 0.4) is 0 Å². The van der Waals surface area contributed by atoms with Gasteiger partial charge in [-0.3, -0.25) is 4.79 Å². The van der Waals surface area contributed by atoms with Gasteiger partial charge in [0.15, 0.2) is 0 Å². The van der Waals surface area contributed by atoms with Gasteiger partial charge in [0.05, 0.1) is 7.11 Å².